The van der Waals surface area contributed by atoms with Crippen molar-refractivity contribution in [3.63, 3.8) is 0 Å². The van der Waals surface area contributed by atoms with Crippen LogP contribution in [-0.4, -0.2) is 18.5 Å². The third-order valence-electron chi connectivity index (χ3n) is 4.32. The number of esters is 1. The van der Waals surface area contributed by atoms with Gasteiger partial charge in [-0.2, -0.15) is 0 Å². The van der Waals surface area contributed by atoms with E-state index >= 15 is 0 Å². The molecule has 0 radical (unpaired) electrons. The highest BCUT2D eigenvalue weighted by molar-refractivity contribution is 6.04. The maximum atomic E-state index is 12.2. The molecule has 3 aromatic rings. The Bertz CT molecular complexity index is 982. The van der Waals surface area contributed by atoms with E-state index in [1.54, 1.807) is 24.3 Å². The second kappa shape index (κ2) is 9.55. The van der Waals surface area contributed by atoms with Crippen LogP contribution in [-0.2, 0) is 16.1 Å². The van der Waals surface area contributed by atoms with Crippen molar-refractivity contribution >= 4 is 17.6 Å². The third kappa shape index (κ3) is 5.94. The molecule has 5 nitrogen and oxygen atoms in total. The zero-order valence-corrected chi connectivity index (χ0v) is 16.5. The van der Waals surface area contributed by atoms with Gasteiger partial charge in [-0.1, -0.05) is 48.0 Å². The van der Waals surface area contributed by atoms with Crippen LogP contribution in [0.5, 0.6) is 5.75 Å². The van der Waals surface area contributed by atoms with E-state index < -0.39 is 5.97 Å². The molecular weight excluding hydrogens is 366 g/mol. The van der Waals surface area contributed by atoms with Gasteiger partial charge in [0, 0.05) is 11.3 Å². The van der Waals surface area contributed by atoms with Gasteiger partial charge < -0.3 is 14.8 Å². The molecule has 1 amide bonds. The number of benzene rings is 3. The minimum Gasteiger partial charge on any atom is -0.482 e. The summed E-state index contributed by atoms with van der Waals surface area (Å²) < 4.78 is 10.8. The largest absolute Gasteiger partial charge is 0.482 e. The number of amides is 1. The number of para-hydroxylation sites is 1. The van der Waals surface area contributed by atoms with Crippen molar-refractivity contribution in [3.8, 4) is 5.75 Å². The fraction of sp³-hybridized carbons (Fsp3) is 0.167. The highest BCUT2D eigenvalue weighted by Gasteiger charge is 2.09. The van der Waals surface area contributed by atoms with Gasteiger partial charge in [0.05, 0.1) is 0 Å². The molecule has 0 unspecified atom stereocenters. The van der Waals surface area contributed by atoms with Gasteiger partial charge in [-0.3, -0.25) is 4.79 Å². The number of hydrogen-bond acceptors (Lipinski definition) is 4. The van der Waals surface area contributed by atoms with Gasteiger partial charge in [-0.15, -0.1) is 0 Å². The number of hydrogen-bond donors (Lipinski definition) is 1. The summed E-state index contributed by atoms with van der Waals surface area (Å²) in [5.74, 6) is 0.0267. The van der Waals surface area contributed by atoms with E-state index in [9.17, 15) is 9.59 Å². The van der Waals surface area contributed by atoms with Gasteiger partial charge in [0.2, 0.25) is 0 Å². The van der Waals surface area contributed by atoms with E-state index in [0.717, 1.165) is 22.4 Å². The van der Waals surface area contributed by atoms with E-state index in [1.807, 2.05) is 62.4 Å². The summed E-state index contributed by atoms with van der Waals surface area (Å²) in [6, 6.07) is 22.0. The molecular formula is C24H23NO4. The number of carbonyl (C=O) groups excluding carboxylic acids is 2. The first kappa shape index (κ1) is 20.1. The van der Waals surface area contributed by atoms with Crippen LogP contribution in [0.15, 0.2) is 72.8 Å². The van der Waals surface area contributed by atoms with Gasteiger partial charge in [0.25, 0.3) is 5.91 Å². The molecule has 0 bridgehead atoms. The van der Waals surface area contributed by atoms with Crippen molar-refractivity contribution in [2.24, 2.45) is 0 Å². The quantitative estimate of drug-likeness (QED) is 0.596. The topological polar surface area (TPSA) is 64.6 Å². The van der Waals surface area contributed by atoms with Crippen LogP contribution in [0.1, 0.15) is 27.0 Å². The van der Waals surface area contributed by atoms with Gasteiger partial charge in [-0.05, 0) is 55.3 Å². The molecule has 0 heterocycles. The summed E-state index contributed by atoms with van der Waals surface area (Å²) in [4.78, 5) is 24.2. The number of rotatable bonds is 7. The number of ether oxygens (including phenoxy) is 2. The molecule has 0 saturated carbocycles. The smallest absolute Gasteiger partial charge is 0.344 e. The fourth-order valence-corrected chi connectivity index (χ4v) is 2.78. The monoisotopic (exact) mass is 389 g/mol. The first-order valence-corrected chi connectivity index (χ1v) is 9.32. The van der Waals surface area contributed by atoms with Crippen LogP contribution in [0, 0.1) is 13.8 Å². The molecule has 0 aromatic heterocycles. The van der Waals surface area contributed by atoms with E-state index in [1.165, 1.54) is 0 Å². The summed E-state index contributed by atoms with van der Waals surface area (Å²) in [6.45, 7) is 3.90. The molecule has 0 spiro atoms. The highest BCUT2D eigenvalue weighted by atomic mass is 16.6. The summed E-state index contributed by atoms with van der Waals surface area (Å²) in [5.41, 5.74) is 4.17. The minimum atomic E-state index is -0.448. The van der Waals surface area contributed by atoms with Crippen molar-refractivity contribution in [3.05, 3.63) is 95.1 Å². The lowest BCUT2D eigenvalue weighted by Crippen LogP contribution is -2.15. The van der Waals surface area contributed by atoms with E-state index in [2.05, 4.69) is 5.32 Å². The Morgan fingerprint density at radius 2 is 1.62 bits per heavy atom. The number of aryl methyl sites for hydroxylation is 2. The van der Waals surface area contributed by atoms with Crippen molar-refractivity contribution in [2.45, 2.75) is 20.5 Å². The highest BCUT2D eigenvalue weighted by Crippen LogP contribution is 2.18. The average Bonchev–Trinajstić information content (AvgIpc) is 2.72. The molecule has 0 saturated heterocycles. The Morgan fingerprint density at radius 1 is 0.897 bits per heavy atom. The predicted octanol–water partition coefficient (Wildman–Crippen LogP) is 4.68. The lowest BCUT2D eigenvalue weighted by Gasteiger charge is -2.10. The zero-order valence-electron chi connectivity index (χ0n) is 16.5. The minimum absolute atomic E-state index is 0.121. The molecule has 29 heavy (non-hydrogen) atoms. The molecule has 148 valence electrons. The van der Waals surface area contributed by atoms with Crippen LogP contribution in [0.2, 0.25) is 0 Å². The van der Waals surface area contributed by atoms with Crippen LogP contribution in [0.25, 0.3) is 0 Å². The molecule has 3 rings (SSSR count). The Hall–Kier alpha value is -3.60. The Labute approximate surface area is 170 Å². The Morgan fingerprint density at radius 3 is 2.31 bits per heavy atom. The fourth-order valence-electron chi connectivity index (χ4n) is 2.78. The van der Waals surface area contributed by atoms with Gasteiger partial charge in [-0.25, -0.2) is 4.79 Å². The lowest BCUT2D eigenvalue weighted by molar-refractivity contribution is -0.147. The average molecular weight is 389 g/mol. The standard InChI is InChI=1S/C24H23NO4/c1-17-8-13-22(18(2)14-17)28-16-23(26)29-15-19-9-11-20(12-10-19)24(27)25-21-6-4-3-5-7-21/h3-14H,15-16H2,1-2H3,(H,25,27). The lowest BCUT2D eigenvalue weighted by atomic mass is 10.1. The Kier molecular flexibility index (Phi) is 6.63. The molecule has 0 atom stereocenters. The molecule has 3 aromatic carbocycles. The predicted molar refractivity (Wildman–Crippen MR) is 112 cm³/mol. The van der Waals surface area contributed by atoms with Gasteiger partial charge in [0.15, 0.2) is 6.61 Å². The Balaban J connectivity index is 1.47. The molecule has 0 fully saturated rings. The summed E-state index contributed by atoms with van der Waals surface area (Å²) in [7, 11) is 0. The molecule has 0 aliphatic rings. The third-order valence-corrected chi connectivity index (χ3v) is 4.32. The van der Waals surface area contributed by atoms with E-state index in [-0.39, 0.29) is 19.1 Å². The van der Waals surface area contributed by atoms with Crippen molar-refractivity contribution in [1.29, 1.82) is 0 Å². The summed E-state index contributed by atoms with van der Waals surface area (Å²) in [6.07, 6.45) is 0. The van der Waals surface area contributed by atoms with Crippen LogP contribution < -0.4 is 10.1 Å². The van der Waals surface area contributed by atoms with Crippen LogP contribution >= 0.6 is 0 Å². The maximum absolute atomic E-state index is 12.2. The van der Waals surface area contributed by atoms with Gasteiger partial charge in [0.1, 0.15) is 12.4 Å². The molecule has 5 heteroatoms. The molecule has 1 N–H and O–H groups in total. The SMILES string of the molecule is Cc1ccc(OCC(=O)OCc2ccc(C(=O)Nc3ccccc3)cc2)c(C)c1. The normalized spacial score (nSPS) is 10.3. The number of carbonyl (C=O) groups is 2. The van der Waals surface area contributed by atoms with E-state index in [0.29, 0.717) is 11.3 Å². The van der Waals surface area contributed by atoms with Crippen molar-refractivity contribution in [1.82, 2.24) is 0 Å². The number of anilines is 1. The summed E-state index contributed by atoms with van der Waals surface area (Å²) >= 11 is 0. The molecule has 0 aliphatic carbocycles. The van der Waals surface area contributed by atoms with Crippen LogP contribution in [0.4, 0.5) is 5.69 Å². The maximum Gasteiger partial charge on any atom is 0.344 e. The first-order chi connectivity index (χ1) is 14.0. The zero-order chi connectivity index (χ0) is 20.6. The van der Waals surface area contributed by atoms with Crippen LogP contribution in [0.3, 0.4) is 0 Å². The van der Waals surface area contributed by atoms with Crippen molar-refractivity contribution < 1.29 is 19.1 Å². The van der Waals surface area contributed by atoms with Crippen molar-refractivity contribution in [2.75, 3.05) is 11.9 Å². The first-order valence-electron chi connectivity index (χ1n) is 9.32. The second-order valence-electron chi connectivity index (χ2n) is 6.74. The number of nitrogens with one attached hydrogen (secondary N) is 1. The van der Waals surface area contributed by atoms with Gasteiger partial charge >= 0.3 is 5.97 Å². The second-order valence-corrected chi connectivity index (χ2v) is 6.74. The van der Waals surface area contributed by atoms with E-state index in [4.69, 9.17) is 9.47 Å². The molecule has 0 aliphatic heterocycles. The summed E-state index contributed by atoms with van der Waals surface area (Å²) in [5, 5.41) is 2.83.